The first-order valence-corrected chi connectivity index (χ1v) is 8.97. The molecule has 0 saturated carbocycles. The predicted molar refractivity (Wildman–Crippen MR) is 94.7 cm³/mol. The van der Waals surface area contributed by atoms with Gasteiger partial charge < -0.3 is 10.8 Å². The van der Waals surface area contributed by atoms with Crippen molar-refractivity contribution < 1.29 is 9.50 Å². The lowest BCUT2D eigenvalue weighted by molar-refractivity contribution is 0.281. The fourth-order valence-corrected chi connectivity index (χ4v) is 4.99. The predicted octanol–water partition coefficient (Wildman–Crippen LogP) is 3.17. The summed E-state index contributed by atoms with van der Waals surface area (Å²) in [4.78, 5) is 1.23. The van der Waals surface area contributed by atoms with Crippen LogP contribution in [0.2, 0.25) is 0 Å². The fraction of sp³-hybridized carbons (Fsp3) is 0.389. The fourth-order valence-electron chi connectivity index (χ4n) is 3.74. The van der Waals surface area contributed by atoms with Crippen molar-refractivity contribution in [1.29, 1.82) is 0 Å². The first-order chi connectivity index (χ1) is 11.6. The van der Waals surface area contributed by atoms with E-state index in [2.05, 4.69) is 0 Å². The number of aliphatic hydroxyl groups excluding tert-OH is 1. The number of hydrogen-bond donors (Lipinski definition) is 2. The van der Waals surface area contributed by atoms with Gasteiger partial charge in [0.1, 0.15) is 5.82 Å². The lowest BCUT2D eigenvalue weighted by Crippen LogP contribution is -2.22. The van der Waals surface area contributed by atoms with Gasteiger partial charge in [-0.25, -0.2) is 4.39 Å². The molecule has 1 aliphatic carbocycles. The highest BCUT2D eigenvalue weighted by Crippen LogP contribution is 2.43. The number of aliphatic hydroxyl groups is 1. The van der Waals surface area contributed by atoms with Crippen molar-refractivity contribution >= 4 is 22.0 Å². The molecule has 2 heterocycles. The van der Waals surface area contributed by atoms with Crippen LogP contribution in [0.5, 0.6) is 0 Å². The summed E-state index contributed by atoms with van der Waals surface area (Å²) in [6, 6.07) is 5.17. The first-order valence-electron chi connectivity index (χ1n) is 8.15. The normalized spacial score (nSPS) is 19.2. The summed E-state index contributed by atoms with van der Waals surface area (Å²) >= 11 is 1.57. The van der Waals surface area contributed by atoms with Crippen LogP contribution < -0.4 is 5.73 Å². The average molecular weight is 345 g/mol. The van der Waals surface area contributed by atoms with Crippen molar-refractivity contribution in [3.05, 3.63) is 51.1 Å². The maximum atomic E-state index is 14.1. The molecule has 24 heavy (non-hydrogen) atoms. The summed E-state index contributed by atoms with van der Waals surface area (Å²) in [5.41, 5.74) is 11.0. The van der Waals surface area contributed by atoms with Crippen LogP contribution in [0.1, 0.15) is 39.5 Å². The van der Waals surface area contributed by atoms with Crippen molar-refractivity contribution in [2.24, 2.45) is 5.10 Å². The van der Waals surface area contributed by atoms with Crippen LogP contribution in [0.4, 0.5) is 9.39 Å². The molecular formula is C18H20FN3OS. The molecule has 1 unspecified atom stereocenters. The highest BCUT2D eigenvalue weighted by atomic mass is 32.1. The SMILES string of the molecule is Cc1cccc(F)c1CN1CC2C(=N1)CCc1c2sc(N)c1CO. The van der Waals surface area contributed by atoms with E-state index < -0.39 is 0 Å². The molecule has 1 aromatic carbocycles. The molecule has 3 N–H and O–H groups in total. The lowest BCUT2D eigenvalue weighted by atomic mass is 9.86. The lowest BCUT2D eigenvalue weighted by Gasteiger charge is -2.20. The van der Waals surface area contributed by atoms with E-state index >= 15 is 0 Å². The van der Waals surface area contributed by atoms with E-state index in [9.17, 15) is 9.50 Å². The number of fused-ring (bicyclic) bond motifs is 3. The van der Waals surface area contributed by atoms with Crippen molar-refractivity contribution in [3.63, 3.8) is 0 Å². The third kappa shape index (κ3) is 2.41. The smallest absolute Gasteiger partial charge is 0.128 e. The quantitative estimate of drug-likeness (QED) is 0.898. The molecule has 2 aliphatic rings. The molecule has 1 aliphatic heterocycles. The van der Waals surface area contributed by atoms with Crippen LogP contribution in [0.25, 0.3) is 0 Å². The van der Waals surface area contributed by atoms with Gasteiger partial charge in [-0.05, 0) is 37.0 Å². The third-order valence-corrected chi connectivity index (χ3v) is 6.26. The molecule has 126 valence electrons. The summed E-state index contributed by atoms with van der Waals surface area (Å²) in [6.07, 6.45) is 1.76. The molecule has 6 heteroatoms. The third-order valence-electron chi connectivity index (χ3n) is 5.04. The van der Waals surface area contributed by atoms with E-state index in [0.717, 1.165) is 36.2 Å². The Morgan fingerprint density at radius 3 is 2.96 bits per heavy atom. The molecule has 2 aromatic rings. The molecule has 0 radical (unpaired) electrons. The molecule has 0 amide bonds. The van der Waals surface area contributed by atoms with Gasteiger partial charge in [-0.1, -0.05) is 12.1 Å². The Kier molecular flexibility index (Phi) is 3.81. The van der Waals surface area contributed by atoms with Gasteiger partial charge in [-0.15, -0.1) is 11.3 Å². The molecule has 4 rings (SSSR count). The van der Waals surface area contributed by atoms with E-state index in [1.807, 2.05) is 18.0 Å². The minimum absolute atomic E-state index is 0.00496. The minimum atomic E-state index is -0.173. The van der Waals surface area contributed by atoms with Gasteiger partial charge in [-0.2, -0.15) is 5.10 Å². The van der Waals surface area contributed by atoms with Crippen LogP contribution >= 0.6 is 11.3 Å². The number of hydrogen-bond acceptors (Lipinski definition) is 5. The maximum absolute atomic E-state index is 14.1. The van der Waals surface area contributed by atoms with E-state index in [1.165, 1.54) is 16.5 Å². The summed E-state index contributed by atoms with van der Waals surface area (Å²) in [5.74, 6) is 0.0575. The van der Waals surface area contributed by atoms with Crippen LogP contribution in [0, 0.1) is 12.7 Å². The largest absolute Gasteiger partial charge is 0.392 e. The van der Waals surface area contributed by atoms with Gasteiger partial charge in [0.2, 0.25) is 0 Å². The zero-order chi connectivity index (χ0) is 16.8. The van der Waals surface area contributed by atoms with Crippen LogP contribution in [0.3, 0.4) is 0 Å². The second-order valence-electron chi connectivity index (χ2n) is 6.47. The van der Waals surface area contributed by atoms with Crippen LogP contribution in [0.15, 0.2) is 23.3 Å². The first kappa shape index (κ1) is 15.6. The number of anilines is 1. The van der Waals surface area contributed by atoms with Crippen molar-refractivity contribution in [2.45, 2.75) is 38.8 Å². The van der Waals surface area contributed by atoms with Gasteiger partial charge in [0.15, 0.2) is 0 Å². The van der Waals surface area contributed by atoms with Gasteiger partial charge in [0.25, 0.3) is 0 Å². The number of nitrogen functional groups attached to an aromatic ring is 1. The Bertz CT molecular complexity index is 810. The number of hydrazone groups is 1. The van der Waals surface area contributed by atoms with Crippen molar-refractivity contribution in [3.8, 4) is 0 Å². The molecular weight excluding hydrogens is 325 g/mol. The monoisotopic (exact) mass is 345 g/mol. The Hall–Kier alpha value is -1.92. The van der Waals surface area contributed by atoms with Gasteiger partial charge >= 0.3 is 0 Å². The highest BCUT2D eigenvalue weighted by Gasteiger charge is 2.36. The van der Waals surface area contributed by atoms with E-state index in [1.54, 1.807) is 17.4 Å². The minimum Gasteiger partial charge on any atom is -0.392 e. The molecule has 0 saturated heterocycles. The topological polar surface area (TPSA) is 61.8 Å². The molecule has 0 fully saturated rings. The van der Waals surface area contributed by atoms with Gasteiger partial charge in [0.05, 0.1) is 24.1 Å². The van der Waals surface area contributed by atoms with Crippen LogP contribution in [-0.2, 0) is 19.6 Å². The summed E-state index contributed by atoms with van der Waals surface area (Å²) in [6.45, 7) is 3.16. The summed E-state index contributed by atoms with van der Waals surface area (Å²) < 4.78 is 14.1. The number of rotatable bonds is 3. The Labute approximate surface area is 144 Å². The number of halogens is 1. The number of benzene rings is 1. The van der Waals surface area contributed by atoms with E-state index in [0.29, 0.717) is 17.1 Å². The molecule has 4 nitrogen and oxygen atoms in total. The van der Waals surface area contributed by atoms with Crippen molar-refractivity contribution in [2.75, 3.05) is 12.3 Å². The molecule has 1 atom stereocenters. The Balaban J connectivity index is 1.61. The number of thiophene rings is 1. The number of aryl methyl sites for hydroxylation is 1. The molecule has 1 aromatic heterocycles. The molecule has 0 spiro atoms. The summed E-state index contributed by atoms with van der Waals surface area (Å²) in [5, 5.41) is 17.0. The maximum Gasteiger partial charge on any atom is 0.128 e. The highest BCUT2D eigenvalue weighted by molar-refractivity contribution is 7.16. The Morgan fingerprint density at radius 2 is 2.21 bits per heavy atom. The van der Waals surface area contributed by atoms with Gasteiger partial charge in [0, 0.05) is 28.3 Å². The molecule has 0 bridgehead atoms. The van der Waals surface area contributed by atoms with E-state index in [-0.39, 0.29) is 18.3 Å². The number of nitrogens with zero attached hydrogens (tertiary/aromatic N) is 2. The van der Waals surface area contributed by atoms with Crippen molar-refractivity contribution in [1.82, 2.24) is 5.01 Å². The summed E-state index contributed by atoms with van der Waals surface area (Å²) in [7, 11) is 0. The second-order valence-corrected chi connectivity index (χ2v) is 7.56. The van der Waals surface area contributed by atoms with Gasteiger partial charge in [-0.3, -0.25) is 5.01 Å². The average Bonchev–Trinajstić information content (AvgIpc) is 3.10. The van der Waals surface area contributed by atoms with Crippen LogP contribution in [-0.4, -0.2) is 22.4 Å². The van der Waals surface area contributed by atoms with E-state index in [4.69, 9.17) is 10.8 Å². The zero-order valence-corrected chi connectivity index (χ0v) is 14.4. The zero-order valence-electron chi connectivity index (χ0n) is 13.6. The second kappa shape index (κ2) is 5.86. The Morgan fingerprint density at radius 1 is 1.38 bits per heavy atom. The standard InChI is InChI=1S/C18H20FN3OS/c1-10-3-2-4-15(19)12(10)7-22-8-13-16(21-22)6-5-11-14(9-23)18(20)24-17(11)13/h2-4,13,23H,5-9,20H2,1H3. The number of nitrogens with two attached hydrogens (primary N) is 1.